The van der Waals surface area contributed by atoms with Crippen molar-refractivity contribution in [2.75, 3.05) is 5.32 Å². The molecular formula is C22H13Cl2N3O. The molecular weight excluding hydrogens is 393 g/mol. The SMILES string of the molecule is C#Cc1cccc(Nc2ncnc3cc(Cl)c(Oc4ccc(Cl)cc4)cc23)c1. The van der Waals surface area contributed by atoms with Crippen LogP contribution in [-0.4, -0.2) is 9.97 Å². The van der Waals surface area contributed by atoms with Gasteiger partial charge in [0.1, 0.15) is 23.6 Å². The predicted octanol–water partition coefficient (Wildman–Crippen LogP) is 6.45. The number of aromatic nitrogens is 2. The Bertz CT molecular complexity index is 1200. The molecule has 0 aliphatic carbocycles. The minimum atomic E-state index is 0.446. The number of nitrogens with one attached hydrogen (secondary N) is 1. The van der Waals surface area contributed by atoms with Crippen LogP contribution in [0.3, 0.4) is 0 Å². The molecule has 0 saturated carbocycles. The molecule has 4 nitrogen and oxygen atoms in total. The summed E-state index contributed by atoms with van der Waals surface area (Å²) in [5.41, 5.74) is 2.29. The van der Waals surface area contributed by atoms with Gasteiger partial charge in [0.05, 0.1) is 10.5 Å². The molecule has 6 heteroatoms. The summed E-state index contributed by atoms with van der Waals surface area (Å²) in [4.78, 5) is 8.65. The highest BCUT2D eigenvalue weighted by Gasteiger charge is 2.11. The number of rotatable bonds is 4. The third kappa shape index (κ3) is 3.86. The molecule has 0 radical (unpaired) electrons. The Morgan fingerprint density at radius 1 is 0.964 bits per heavy atom. The molecule has 0 fully saturated rings. The highest BCUT2D eigenvalue weighted by atomic mass is 35.5. The highest BCUT2D eigenvalue weighted by Crippen LogP contribution is 2.35. The molecule has 0 aliphatic heterocycles. The van der Waals surface area contributed by atoms with E-state index in [0.29, 0.717) is 32.9 Å². The zero-order valence-corrected chi connectivity index (χ0v) is 16.0. The van der Waals surface area contributed by atoms with Gasteiger partial charge in [-0.25, -0.2) is 9.97 Å². The van der Waals surface area contributed by atoms with E-state index in [4.69, 9.17) is 34.4 Å². The van der Waals surface area contributed by atoms with Crippen molar-refractivity contribution in [2.24, 2.45) is 0 Å². The summed E-state index contributed by atoms with van der Waals surface area (Å²) in [7, 11) is 0. The summed E-state index contributed by atoms with van der Waals surface area (Å²) in [5.74, 6) is 4.36. The number of terminal acetylenes is 1. The first kappa shape index (κ1) is 18.1. The number of halogens is 2. The third-order valence-electron chi connectivity index (χ3n) is 4.02. The molecule has 0 amide bonds. The fourth-order valence-electron chi connectivity index (χ4n) is 2.69. The van der Waals surface area contributed by atoms with Crippen LogP contribution in [0.1, 0.15) is 5.56 Å². The Morgan fingerprint density at radius 2 is 1.79 bits per heavy atom. The van der Waals surface area contributed by atoms with Crippen molar-refractivity contribution in [2.45, 2.75) is 0 Å². The van der Waals surface area contributed by atoms with Crippen molar-refractivity contribution in [3.8, 4) is 23.8 Å². The molecule has 136 valence electrons. The number of fused-ring (bicyclic) bond motifs is 1. The fraction of sp³-hybridized carbons (Fsp3) is 0. The Balaban J connectivity index is 1.73. The van der Waals surface area contributed by atoms with Crippen molar-refractivity contribution in [1.29, 1.82) is 0 Å². The second-order valence-electron chi connectivity index (χ2n) is 5.93. The van der Waals surface area contributed by atoms with E-state index in [0.717, 1.165) is 16.6 Å². The molecule has 28 heavy (non-hydrogen) atoms. The topological polar surface area (TPSA) is 47.0 Å². The molecule has 4 aromatic rings. The normalized spacial score (nSPS) is 10.5. The lowest BCUT2D eigenvalue weighted by molar-refractivity contribution is 0.483. The molecule has 1 heterocycles. The van der Waals surface area contributed by atoms with E-state index in [2.05, 4.69) is 21.2 Å². The number of anilines is 2. The molecule has 0 spiro atoms. The Morgan fingerprint density at radius 3 is 2.57 bits per heavy atom. The average Bonchev–Trinajstić information content (AvgIpc) is 2.71. The van der Waals surface area contributed by atoms with Crippen LogP contribution >= 0.6 is 23.2 Å². The number of benzene rings is 3. The second kappa shape index (κ2) is 7.77. The summed E-state index contributed by atoms with van der Waals surface area (Å²) in [5, 5.41) is 5.12. The van der Waals surface area contributed by atoms with Crippen molar-refractivity contribution in [1.82, 2.24) is 9.97 Å². The molecule has 3 aromatic carbocycles. The molecule has 0 unspecified atom stereocenters. The van der Waals surface area contributed by atoms with Gasteiger partial charge in [-0.05, 0) is 54.6 Å². The van der Waals surface area contributed by atoms with Crippen LogP contribution < -0.4 is 10.1 Å². The largest absolute Gasteiger partial charge is 0.456 e. The lowest BCUT2D eigenvalue weighted by Crippen LogP contribution is -1.97. The molecule has 0 bridgehead atoms. The lowest BCUT2D eigenvalue weighted by atomic mass is 10.2. The molecule has 0 atom stereocenters. The highest BCUT2D eigenvalue weighted by molar-refractivity contribution is 6.33. The quantitative estimate of drug-likeness (QED) is 0.396. The molecule has 1 N–H and O–H groups in total. The lowest BCUT2D eigenvalue weighted by Gasteiger charge is -2.12. The maximum Gasteiger partial charge on any atom is 0.146 e. The van der Waals surface area contributed by atoms with Crippen LogP contribution in [0, 0.1) is 12.3 Å². The summed E-state index contributed by atoms with van der Waals surface area (Å²) in [6.45, 7) is 0. The van der Waals surface area contributed by atoms with Crippen LogP contribution in [0.15, 0.2) is 67.0 Å². The van der Waals surface area contributed by atoms with Gasteiger partial charge in [0, 0.05) is 21.7 Å². The predicted molar refractivity (Wildman–Crippen MR) is 114 cm³/mol. The monoisotopic (exact) mass is 405 g/mol. The van der Waals surface area contributed by atoms with Gasteiger partial charge >= 0.3 is 0 Å². The first-order valence-corrected chi connectivity index (χ1v) is 9.09. The van der Waals surface area contributed by atoms with E-state index in [9.17, 15) is 0 Å². The van der Waals surface area contributed by atoms with Crippen LogP contribution in [0.25, 0.3) is 10.9 Å². The first-order chi connectivity index (χ1) is 13.6. The van der Waals surface area contributed by atoms with E-state index in [1.54, 1.807) is 36.4 Å². The molecule has 1 aromatic heterocycles. The van der Waals surface area contributed by atoms with Crippen LogP contribution in [-0.2, 0) is 0 Å². The van der Waals surface area contributed by atoms with Crippen LogP contribution in [0.2, 0.25) is 10.0 Å². The van der Waals surface area contributed by atoms with Gasteiger partial charge in [-0.2, -0.15) is 0 Å². The van der Waals surface area contributed by atoms with Crippen molar-refractivity contribution in [3.05, 3.63) is 82.6 Å². The van der Waals surface area contributed by atoms with Gasteiger partial charge in [-0.15, -0.1) is 6.42 Å². The second-order valence-corrected chi connectivity index (χ2v) is 6.77. The van der Waals surface area contributed by atoms with Gasteiger partial charge in [0.25, 0.3) is 0 Å². The smallest absolute Gasteiger partial charge is 0.146 e. The molecule has 4 rings (SSSR count). The maximum absolute atomic E-state index is 6.38. The van der Waals surface area contributed by atoms with E-state index in [1.807, 2.05) is 24.3 Å². The van der Waals surface area contributed by atoms with Crippen molar-refractivity contribution < 1.29 is 4.74 Å². The standard InChI is InChI=1S/C22H13Cl2N3O/c1-2-14-4-3-5-16(10-14)27-22-18-11-21(19(24)12-20(18)25-13-26-22)28-17-8-6-15(23)7-9-17/h1,3-13H,(H,25,26,27). The Hall–Kier alpha value is -3.26. The van der Waals surface area contributed by atoms with Gasteiger partial charge in [0.2, 0.25) is 0 Å². The molecule has 0 aliphatic rings. The van der Waals surface area contributed by atoms with Gasteiger partial charge in [0.15, 0.2) is 0 Å². The third-order valence-corrected chi connectivity index (χ3v) is 4.57. The summed E-state index contributed by atoms with van der Waals surface area (Å²) in [6.07, 6.45) is 6.96. The first-order valence-electron chi connectivity index (χ1n) is 8.34. The number of hydrogen-bond acceptors (Lipinski definition) is 4. The van der Waals surface area contributed by atoms with Gasteiger partial charge in [-0.3, -0.25) is 0 Å². The number of nitrogens with zero attached hydrogens (tertiary/aromatic N) is 2. The van der Waals surface area contributed by atoms with E-state index < -0.39 is 0 Å². The summed E-state index contributed by atoms with van der Waals surface area (Å²) < 4.78 is 5.91. The maximum atomic E-state index is 6.38. The minimum absolute atomic E-state index is 0.446. The van der Waals surface area contributed by atoms with Crippen molar-refractivity contribution in [3.63, 3.8) is 0 Å². The van der Waals surface area contributed by atoms with Gasteiger partial charge in [-0.1, -0.05) is 35.2 Å². The van der Waals surface area contributed by atoms with Crippen LogP contribution in [0.4, 0.5) is 11.5 Å². The Labute approximate surface area is 172 Å². The summed E-state index contributed by atoms with van der Waals surface area (Å²) >= 11 is 12.3. The zero-order chi connectivity index (χ0) is 19.5. The summed E-state index contributed by atoms with van der Waals surface area (Å²) in [6, 6.07) is 18.1. The van der Waals surface area contributed by atoms with Crippen LogP contribution in [0.5, 0.6) is 11.5 Å². The van der Waals surface area contributed by atoms with E-state index in [-0.39, 0.29) is 0 Å². The number of hydrogen-bond donors (Lipinski definition) is 1. The van der Waals surface area contributed by atoms with E-state index >= 15 is 0 Å². The molecule has 0 saturated heterocycles. The Kier molecular flexibility index (Phi) is 5.03. The van der Waals surface area contributed by atoms with E-state index in [1.165, 1.54) is 6.33 Å². The fourth-order valence-corrected chi connectivity index (χ4v) is 3.01. The minimum Gasteiger partial charge on any atom is -0.456 e. The zero-order valence-electron chi connectivity index (χ0n) is 14.5. The average molecular weight is 406 g/mol. The number of ether oxygens (including phenoxy) is 1. The van der Waals surface area contributed by atoms with Crippen molar-refractivity contribution >= 4 is 45.6 Å². The van der Waals surface area contributed by atoms with Gasteiger partial charge < -0.3 is 10.1 Å².